The first-order valence-corrected chi connectivity index (χ1v) is 12.5. The van der Waals surface area contributed by atoms with Crippen LogP contribution in [-0.2, 0) is 11.8 Å². The molecule has 0 atom stereocenters. The first-order valence-electron chi connectivity index (χ1n) is 12.5. The molecule has 0 bridgehead atoms. The van der Waals surface area contributed by atoms with Gasteiger partial charge in [0, 0.05) is 60.6 Å². The van der Waals surface area contributed by atoms with Gasteiger partial charge in [0.1, 0.15) is 0 Å². The number of carbonyl (C=O) groups excluding carboxylic acids is 2. The van der Waals surface area contributed by atoms with Gasteiger partial charge in [0.05, 0.1) is 24.4 Å². The number of hydrogen-bond donors (Lipinski definition) is 1. The maximum atomic E-state index is 12.9. The molecule has 6 rings (SSSR count). The van der Waals surface area contributed by atoms with Crippen LogP contribution in [0.2, 0.25) is 0 Å². The average molecular weight is 498 g/mol. The van der Waals surface area contributed by atoms with E-state index in [0.29, 0.717) is 43.2 Å². The van der Waals surface area contributed by atoms with Crippen LogP contribution in [0.5, 0.6) is 0 Å². The van der Waals surface area contributed by atoms with Gasteiger partial charge < -0.3 is 19.5 Å². The monoisotopic (exact) mass is 497 g/mol. The number of carbonyl (C=O) groups is 2. The summed E-state index contributed by atoms with van der Waals surface area (Å²) in [5, 5.41) is 4.02. The predicted octanol–water partition coefficient (Wildman–Crippen LogP) is 3.67. The summed E-state index contributed by atoms with van der Waals surface area (Å²) in [7, 11) is 1.69. The molecule has 1 saturated carbocycles. The van der Waals surface area contributed by atoms with E-state index in [2.05, 4.69) is 10.3 Å². The maximum Gasteiger partial charge on any atom is 0.293 e. The molecule has 2 aliphatic rings. The number of ether oxygens (including phenoxy) is 1. The molecule has 1 N–H and O–H groups in total. The van der Waals surface area contributed by atoms with Crippen LogP contribution in [0.15, 0.2) is 65.7 Å². The van der Waals surface area contributed by atoms with Crippen molar-refractivity contribution in [3.8, 4) is 11.3 Å². The second-order valence-electron chi connectivity index (χ2n) is 9.53. The van der Waals surface area contributed by atoms with Gasteiger partial charge in [0.15, 0.2) is 5.82 Å². The number of nitrogens with zero attached hydrogens (tertiary/aromatic N) is 4. The topological polar surface area (TPSA) is 98.5 Å². The summed E-state index contributed by atoms with van der Waals surface area (Å²) in [6.45, 7) is 2.25. The Bertz CT molecular complexity index is 1560. The van der Waals surface area contributed by atoms with Crippen molar-refractivity contribution in [1.82, 2.24) is 19.0 Å². The van der Waals surface area contributed by atoms with Crippen molar-refractivity contribution in [3.63, 3.8) is 0 Å². The van der Waals surface area contributed by atoms with Crippen molar-refractivity contribution in [1.29, 1.82) is 0 Å². The fourth-order valence-corrected chi connectivity index (χ4v) is 4.71. The summed E-state index contributed by atoms with van der Waals surface area (Å²) in [5.74, 6) is 0.378. The summed E-state index contributed by atoms with van der Waals surface area (Å²) in [6, 6.07) is 14.7. The molecule has 0 unspecified atom stereocenters. The van der Waals surface area contributed by atoms with Gasteiger partial charge in [-0.05, 0) is 49.2 Å². The number of rotatable bonds is 5. The molecule has 9 heteroatoms. The van der Waals surface area contributed by atoms with Gasteiger partial charge >= 0.3 is 0 Å². The highest BCUT2D eigenvalue weighted by molar-refractivity contribution is 6.01. The minimum absolute atomic E-state index is 0.0360. The molecule has 2 aromatic carbocycles. The van der Waals surface area contributed by atoms with Crippen LogP contribution in [-0.4, -0.2) is 57.1 Å². The normalized spacial score (nSPS) is 15.6. The second-order valence-corrected chi connectivity index (χ2v) is 9.53. The molecule has 37 heavy (non-hydrogen) atoms. The van der Waals surface area contributed by atoms with Crippen molar-refractivity contribution in [2.45, 2.75) is 12.8 Å². The third kappa shape index (κ3) is 4.42. The molecule has 1 aliphatic heterocycles. The highest BCUT2D eigenvalue weighted by Crippen LogP contribution is 2.34. The lowest BCUT2D eigenvalue weighted by Crippen LogP contribution is -2.40. The molecule has 1 amide bonds. The van der Waals surface area contributed by atoms with Crippen LogP contribution in [0.1, 0.15) is 28.0 Å². The minimum atomic E-state index is -0.272. The first-order chi connectivity index (χ1) is 18.0. The molecule has 1 saturated heterocycles. The van der Waals surface area contributed by atoms with Gasteiger partial charge in [-0.2, -0.15) is 0 Å². The maximum absolute atomic E-state index is 12.9. The number of fused-ring (bicyclic) bond motifs is 1. The Balaban J connectivity index is 1.29. The predicted molar refractivity (Wildman–Crippen MR) is 140 cm³/mol. The number of aryl methyl sites for hydroxylation is 1. The molecular weight excluding hydrogens is 470 g/mol. The van der Waals surface area contributed by atoms with E-state index in [1.807, 2.05) is 30.5 Å². The van der Waals surface area contributed by atoms with Gasteiger partial charge in [-0.1, -0.05) is 12.1 Å². The molecule has 9 nitrogen and oxygen atoms in total. The Morgan fingerprint density at radius 1 is 1.03 bits per heavy atom. The molecule has 0 radical (unpaired) electrons. The Morgan fingerprint density at radius 2 is 1.78 bits per heavy atom. The summed E-state index contributed by atoms with van der Waals surface area (Å²) in [6.07, 6.45) is 5.40. The third-order valence-electron chi connectivity index (χ3n) is 6.94. The van der Waals surface area contributed by atoms with E-state index in [9.17, 15) is 14.4 Å². The Hall–Kier alpha value is -4.24. The third-order valence-corrected chi connectivity index (χ3v) is 6.94. The van der Waals surface area contributed by atoms with Gasteiger partial charge in [-0.25, -0.2) is 4.98 Å². The minimum Gasteiger partial charge on any atom is -0.378 e. The van der Waals surface area contributed by atoms with Crippen LogP contribution >= 0.6 is 0 Å². The Kier molecular flexibility index (Phi) is 5.84. The van der Waals surface area contributed by atoms with Crippen LogP contribution in [0.3, 0.4) is 0 Å². The largest absolute Gasteiger partial charge is 0.378 e. The Labute approximate surface area is 213 Å². The van der Waals surface area contributed by atoms with Crippen molar-refractivity contribution in [2.24, 2.45) is 13.0 Å². The lowest BCUT2D eigenvalue weighted by Gasteiger charge is -2.26. The average Bonchev–Trinajstić information content (AvgIpc) is 3.69. The number of aromatic nitrogens is 3. The molecule has 188 valence electrons. The van der Waals surface area contributed by atoms with E-state index >= 15 is 0 Å². The highest BCUT2D eigenvalue weighted by atomic mass is 16.5. The Morgan fingerprint density at radius 3 is 2.51 bits per heavy atom. The lowest BCUT2D eigenvalue weighted by atomic mass is 10.1. The molecular formula is C28H27N5O4. The fraction of sp³-hybridized carbons (Fsp3) is 0.286. The quantitative estimate of drug-likeness (QED) is 0.452. The van der Waals surface area contributed by atoms with Gasteiger partial charge in [0.25, 0.3) is 11.5 Å². The van der Waals surface area contributed by atoms with Crippen LogP contribution in [0, 0.1) is 5.92 Å². The van der Waals surface area contributed by atoms with E-state index in [0.717, 1.165) is 29.3 Å². The van der Waals surface area contributed by atoms with Crippen LogP contribution < -0.4 is 10.9 Å². The van der Waals surface area contributed by atoms with E-state index in [1.165, 1.54) is 4.57 Å². The second kappa shape index (κ2) is 9.33. The smallest absolute Gasteiger partial charge is 0.293 e. The highest BCUT2D eigenvalue weighted by Gasteiger charge is 2.31. The molecule has 1 aliphatic carbocycles. The summed E-state index contributed by atoms with van der Waals surface area (Å²) < 4.78 is 8.53. The zero-order valence-electron chi connectivity index (χ0n) is 20.5. The number of hydrogen-bond acceptors (Lipinski definition) is 6. The van der Waals surface area contributed by atoms with Gasteiger partial charge in [-0.3, -0.25) is 19.0 Å². The number of anilines is 2. The zero-order valence-corrected chi connectivity index (χ0v) is 20.5. The number of amides is 1. The number of benzene rings is 2. The molecule has 4 aromatic rings. The lowest BCUT2D eigenvalue weighted by molar-refractivity contribution is 0.0303. The van der Waals surface area contributed by atoms with Crippen molar-refractivity contribution >= 4 is 34.2 Å². The molecule has 3 heterocycles. The standard InChI is InChI=1S/C28H27N5O4/c1-31-17-23(21-3-2-4-24-22(21)11-12-33(24)27(35)19-5-6-19)30-25(28(31)36)29-20-9-7-18(8-10-20)26(34)32-13-15-37-16-14-32/h2-4,7-12,17,19H,5-6,13-16H2,1H3,(H,29,30). The van der Waals surface area contributed by atoms with Crippen LogP contribution in [0.25, 0.3) is 22.2 Å². The summed E-state index contributed by atoms with van der Waals surface area (Å²) >= 11 is 0. The van der Waals surface area contributed by atoms with E-state index < -0.39 is 0 Å². The van der Waals surface area contributed by atoms with Crippen molar-refractivity contribution < 1.29 is 14.3 Å². The first kappa shape index (κ1) is 23.2. The van der Waals surface area contributed by atoms with Gasteiger partial charge in [0.2, 0.25) is 5.91 Å². The molecule has 2 fully saturated rings. The van der Waals surface area contributed by atoms with E-state index in [1.54, 1.807) is 47.0 Å². The van der Waals surface area contributed by atoms with E-state index in [-0.39, 0.29) is 29.1 Å². The fourth-order valence-electron chi connectivity index (χ4n) is 4.71. The van der Waals surface area contributed by atoms with E-state index in [4.69, 9.17) is 4.74 Å². The zero-order chi connectivity index (χ0) is 25.5. The van der Waals surface area contributed by atoms with Gasteiger partial charge in [-0.15, -0.1) is 0 Å². The van der Waals surface area contributed by atoms with Crippen molar-refractivity contribution in [2.75, 3.05) is 31.6 Å². The van der Waals surface area contributed by atoms with Crippen molar-refractivity contribution in [3.05, 3.63) is 76.8 Å². The summed E-state index contributed by atoms with van der Waals surface area (Å²) in [4.78, 5) is 44.8. The summed E-state index contributed by atoms with van der Waals surface area (Å²) in [5.41, 5.74) is 3.25. The van der Waals surface area contributed by atoms with Crippen LogP contribution in [0.4, 0.5) is 11.5 Å². The number of nitrogens with one attached hydrogen (secondary N) is 1. The number of morpholine rings is 1. The SMILES string of the molecule is Cn1cc(-c2cccc3c2ccn3C(=O)C2CC2)nc(Nc2ccc(C(=O)N3CCOCC3)cc2)c1=O. The molecule has 2 aromatic heterocycles. The molecule has 0 spiro atoms.